The van der Waals surface area contributed by atoms with Gasteiger partial charge < -0.3 is 5.73 Å². The molecule has 1 unspecified atom stereocenters. The van der Waals surface area contributed by atoms with Gasteiger partial charge in [-0.3, -0.25) is 10.1 Å². The monoisotopic (exact) mass is 294 g/mol. The van der Waals surface area contributed by atoms with Crippen molar-refractivity contribution in [2.45, 2.75) is 39.7 Å². The zero-order valence-electron chi connectivity index (χ0n) is 12.6. The molecule has 3 N–H and O–H groups in total. The van der Waals surface area contributed by atoms with E-state index in [9.17, 15) is 0 Å². The molecule has 0 saturated carbocycles. The van der Waals surface area contributed by atoms with E-state index in [4.69, 9.17) is 11.2 Å². The molecule has 0 aromatic heterocycles. The molecule has 1 atom stereocenters. The van der Waals surface area contributed by atoms with E-state index in [1.165, 1.54) is 11.1 Å². The van der Waals surface area contributed by atoms with E-state index in [0.29, 0.717) is 12.6 Å². The largest absolute Gasteiger partial charge is 0.361 e. The van der Waals surface area contributed by atoms with Gasteiger partial charge in [0.2, 0.25) is 0 Å². The molecule has 1 amide bonds. The second-order valence-corrected chi connectivity index (χ2v) is 4.14. The lowest BCUT2D eigenvalue weighted by Crippen LogP contribution is -2.28. The summed E-state index contributed by atoms with van der Waals surface area (Å²) in [5.41, 5.74) is 7.03. The van der Waals surface area contributed by atoms with Crippen LogP contribution in [0.25, 0.3) is 0 Å². The van der Waals surface area contributed by atoms with Crippen LogP contribution in [-0.2, 0) is 0 Å². The Balaban J connectivity index is 0. The van der Waals surface area contributed by atoms with E-state index < -0.39 is 5.24 Å². The Morgan fingerprint density at radius 1 is 1.65 bits per heavy atom. The predicted octanol–water partition coefficient (Wildman–Crippen LogP) is 3.45. The van der Waals surface area contributed by atoms with E-state index in [1.54, 1.807) is 0 Å². The van der Waals surface area contributed by atoms with Crippen molar-refractivity contribution in [2.24, 2.45) is 5.73 Å². The summed E-state index contributed by atoms with van der Waals surface area (Å²) in [6.07, 6.45) is 13.6. The molecular weight excluding hydrogens is 268 g/mol. The van der Waals surface area contributed by atoms with Crippen molar-refractivity contribution in [3.63, 3.8) is 0 Å². The number of hydrogen-bond acceptors (Lipinski definition) is 2. The molecule has 0 aromatic rings. The van der Waals surface area contributed by atoms with Crippen molar-refractivity contribution < 1.29 is 4.79 Å². The molecule has 0 saturated heterocycles. The van der Waals surface area contributed by atoms with Gasteiger partial charge in [0.15, 0.2) is 0 Å². The van der Waals surface area contributed by atoms with Gasteiger partial charge in [0.05, 0.1) is 6.54 Å². The average Bonchev–Trinajstić information content (AvgIpc) is 2.80. The fourth-order valence-corrected chi connectivity index (χ4v) is 1.87. The molecule has 0 heterocycles. The smallest absolute Gasteiger partial charge is 0.273 e. The highest BCUT2D eigenvalue weighted by molar-refractivity contribution is 7.96. The Bertz CT molecular complexity index is 388. The Labute approximate surface area is 128 Å². The minimum absolute atomic E-state index is 0.398. The molecule has 3 nitrogen and oxygen atoms in total. The normalized spacial score (nSPS) is 16.6. The third kappa shape index (κ3) is 9.48. The van der Waals surface area contributed by atoms with E-state index >= 15 is 0 Å². The molecule has 0 aliphatic heterocycles. The Morgan fingerprint density at radius 3 is 2.60 bits per heavy atom. The molecule has 4 heteroatoms. The Morgan fingerprint density at radius 2 is 2.20 bits per heavy atom. The van der Waals surface area contributed by atoms with Crippen LogP contribution in [0.15, 0.2) is 36.0 Å². The zero-order chi connectivity index (χ0) is 16.0. The predicted molar refractivity (Wildman–Crippen MR) is 91.8 cm³/mol. The van der Waals surface area contributed by atoms with Gasteiger partial charge in [-0.05, 0) is 30.9 Å². The quantitative estimate of drug-likeness (QED) is 0.549. The molecule has 112 valence electrons. The van der Waals surface area contributed by atoms with Crippen molar-refractivity contribution in [3.05, 3.63) is 36.0 Å². The number of hydrogen-bond donors (Lipinski definition) is 3. The first-order valence-electron chi connectivity index (χ1n) is 6.70. The lowest BCUT2D eigenvalue weighted by molar-refractivity contribution is 0.267. The van der Waals surface area contributed by atoms with Crippen molar-refractivity contribution in [1.29, 1.82) is 0 Å². The van der Waals surface area contributed by atoms with Gasteiger partial charge in [-0.1, -0.05) is 57.2 Å². The fraction of sp³-hybridized carbons (Fsp3) is 0.438. The third-order valence-electron chi connectivity index (χ3n) is 2.49. The van der Waals surface area contributed by atoms with Gasteiger partial charge >= 0.3 is 0 Å². The molecule has 0 bridgehead atoms. The molecule has 1 rings (SSSR count). The standard InChI is InChI=1S/C13H17N.C2H6.CH3NOS/c1-4-7-11-8-9-13(12(11)6-3)14-10-5-2;1-2;2-1(3)4/h2,4,6-7,13-14H,3,8-10H2,1H3;1-2H3;(H3,2,3,4)/b7-4-;;. The van der Waals surface area contributed by atoms with Crippen LogP contribution in [-0.4, -0.2) is 17.8 Å². The molecular formula is C16H26N2OS. The molecule has 0 aromatic carbocycles. The van der Waals surface area contributed by atoms with E-state index in [2.05, 4.69) is 48.3 Å². The highest BCUT2D eigenvalue weighted by Gasteiger charge is 2.20. The molecule has 0 radical (unpaired) electrons. The van der Waals surface area contributed by atoms with Crippen molar-refractivity contribution in [3.8, 4) is 12.3 Å². The number of primary amides is 1. The second kappa shape index (κ2) is 14.0. The van der Waals surface area contributed by atoms with Crippen LogP contribution >= 0.6 is 12.6 Å². The van der Waals surface area contributed by atoms with Gasteiger partial charge in [-0.15, -0.1) is 6.42 Å². The number of amides is 1. The first kappa shape index (κ1) is 20.9. The molecule has 1 aliphatic rings. The first-order valence-corrected chi connectivity index (χ1v) is 7.14. The second-order valence-electron chi connectivity index (χ2n) is 3.70. The summed E-state index contributed by atoms with van der Waals surface area (Å²) in [4.78, 5) is 9.09. The number of carbonyl (C=O) groups excluding carboxylic acids is 1. The molecule has 20 heavy (non-hydrogen) atoms. The summed E-state index contributed by atoms with van der Waals surface area (Å²) >= 11 is 3.10. The zero-order valence-corrected chi connectivity index (χ0v) is 13.5. The highest BCUT2D eigenvalue weighted by Crippen LogP contribution is 2.28. The average molecular weight is 294 g/mol. The summed E-state index contributed by atoms with van der Waals surface area (Å²) < 4.78 is 0. The lowest BCUT2D eigenvalue weighted by atomic mass is 10.1. The number of rotatable bonds is 4. The topological polar surface area (TPSA) is 55.1 Å². The van der Waals surface area contributed by atoms with Crippen molar-refractivity contribution in [2.75, 3.05) is 6.54 Å². The number of carbonyl (C=O) groups is 1. The number of terminal acetylenes is 1. The molecule has 0 fully saturated rings. The number of nitrogens with two attached hydrogens (primary N) is 1. The third-order valence-corrected chi connectivity index (χ3v) is 2.49. The van der Waals surface area contributed by atoms with Crippen molar-refractivity contribution in [1.82, 2.24) is 5.32 Å². The van der Waals surface area contributed by atoms with E-state index in [1.807, 2.05) is 26.8 Å². The van der Waals surface area contributed by atoms with Crippen LogP contribution < -0.4 is 11.1 Å². The minimum atomic E-state index is -0.639. The minimum Gasteiger partial charge on any atom is -0.361 e. The summed E-state index contributed by atoms with van der Waals surface area (Å²) in [5, 5.41) is 2.68. The van der Waals surface area contributed by atoms with Gasteiger partial charge in [-0.2, -0.15) is 0 Å². The maximum absolute atomic E-state index is 9.09. The molecule has 0 spiro atoms. The van der Waals surface area contributed by atoms with Crippen molar-refractivity contribution >= 4 is 17.9 Å². The van der Waals surface area contributed by atoms with E-state index in [0.717, 1.165) is 12.8 Å². The molecule has 1 aliphatic carbocycles. The van der Waals surface area contributed by atoms with Crippen LogP contribution in [0, 0.1) is 12.3 Å². The van der Waals surface area contributed by atoms with Crippen LogP contribution in [0.1, 0.15) is 33.6 Å². The van der Waals surface area contributed by atoms with Crippen LogP contribution in [0.5, 0.6) is 0 Å². The summed E-state index contributed by atoms with van der Waals surface area (Å²) in [5.74, 6) is 2.60. The van der Waals surface area contributed by atoms with Gasteiger partial charge in [0.25, 0.3) is 5.24 Å². The maximum atomic E-state index is 9.09. The number of allylic oxidation sites excluding steroid dienone is 3. The van der Waals surface area contributed by atoms with Gasteiger partial charge in [-0.25, -0.2) is 0 Å². The first-order chi connectivity index (χ1) is 9.56. The lowest BCUT2D eigenvalue weighted by Gasteiger charge is -2.12. The van der Waals surface area contributed by atoms with Crippen LogP contribution in [0.4, 0.5) is 4.79 Å². The van der Waals surface area contributed by atoms with Crippen LogP contribution in [0.2, 0.25) is 0 Å². The Kier molecular flexibility index (Phi) is 14.6. The fourth-order valence-electron chi connectivity index (χ4n) is 1.87. The number of nitrogens with one attached hydrogen (secondary N) is 1. The number of thiol groups is 1. The summed E-state index contributed by atoms with van der Waals surface area (Å²) in [7, 11) is 0. The van der Waals surface area contributed by atoms with Crippen LogP contribution in [0.3, 0.4) is 0 Å². The highest BCUT2D eigenvalue weighted by atomic mass is 32.1. The maximum Gasteiger partial charge on any atom is 0.273 e. The Hall–Kier alpha value is -1.44. The summed E-state index contributed by atoms with van der Waals surface area (Å²) in [6.45, 7) is 10.5. The SMILES string of the molecule is C#CCNC1CCC(/C=C\C)=C1C=C.CC.NC(=O)S. The van der Waals surface area contributed by atoms with Gasteiger partial charge in [0, 0.05) is 6.04 Å². The van der Waals surface area contributed by atoms with Gasteiger partial charge in [0.1, 0.15) is 0 Å². The summed E-state index contributed by atoms with van der Waals surface area (Å²) in [6, 6.07) is 0.398. The van der Waals surface area contributed by atoms with E-state index in [-0.39, 0.29) is 0 Å².